The lowest BCUT2D eigenvalue weighted by atomic mass is 10.1. The van der Waals surface area contributed by atoms with E-state index in [0.29, 0.717) is 11.4 Å². The van der Waals surface area contributed by atoms with Crippen LogP contribution in [0, 0.1) is 5.82 Å². The second-order valence-electron chi connectivity index (χ2n) is 7.94. The van der Waals surface area contributed by atoms with Crippen molar-refractivity contribution >= 4 is 46.2 Å². The number of carboxylic acids is 1. The molecule has 10 heteroatoms. The number of carbonyl (C=O) groups excluding carboxylic acids is 2. The SMILES string of the molecule is CN(C(=O)CCc1cccc(F)c1Cl)[C@@H](CCC(=O)O)COC(=O)Nc1cc2ccccc2cn1. The van der Waals surface area contributed by atoms with Gasteiger partial charge in [0.25, 0.3) is 0 Å². The van der Waals surface area contributed by atoms with Gasteiger partial charge in [-0.25, -0.2) is 14.2 Å². The number of amides is 2. The fourth-order valence-electron chi connectivity index (χ4n) is 3.51. The van der Waals surface area contributed by atoms with Crippen molar-refractivity contribution in [2.45, 2.75) is 31.7 Å². The van der Waals surface area contributed by atoms with E-state index in [-0.39, 0.29) is 43.2 Å². The molecule has 3 rings (SSSR count). The van der Waals surface area contributed by atoms with Crippen molar-refractivity contribution in [3.05, 3.63) is 71.1 Å². The van der Waals surface area contributed by atoms with Crippen LogP contribution >= 0.6 is 11.6 Å². The number of benzene rings is 2. The van der Waals surface area contributed by atoms with Crippen molar-refractivity contribution < 1.29 is 28.6 Å². The molecule has 0 saturated carbocycles. The van der Waals surface area contributed by atoms with Crippen LogP contribution in [0.2, 0.25) is 5.02 Å². The predicted molar refractivity (Wildman–Crippen MR) is 130 cm³/mol. The number of hydrogen-bond donors (Lipinski definition) is 2. The van der Waals surface area contributed by atoms with Crippen LogP contribution in [0.4, 0.5) is 15.0 Å². The number of aryl methyl sites for hydroxylation is 1. The summed E-state index contributed by atoms with van der Waals surface area (Å²) in [5.41, 5.74) is 0.494. The van der Waals surface area contributed by atoms with Crippen LogP contribution in [-0.2, 0) is 20.7 Å². The number of rotatable bonds is 10. The summed E-state index contributed by atoms with van der Waals surface area (Å²) in [6, 6.07) is 12.9. The highest BCUT2D eigenvalue weighted by Crippen LogP contribution is 2.21. The Hall–Kier alpha value is -3.72. The maximum atomic E-state index is 13.6. The topological polar surface area (TPSA) is 109 Å². The van der Waals surface area contributed by atoms with Gasteiger partial charge in [0.15, 0.2) is 0 Å². The van der Waals surface area contributed by atoms with Gasteiger partial charge in [-0.15, -0.1) is 0 Å². The fourth-order valence-corrected chi connectivity index (χ4v) is 3.73. The summed E-state index contributed by atoms with van der Waals surface area (Å²) >= 11 is 5.95. The molecule has 2 aromatic carbocycles. The molecule has 0 aliphatic carbocycles. The summed E-state index contributed by atoms with van der Waals surface area (Å²) in [7, 11) is 1.51. The predicted octanol–water partition coefficient (Wildman–Crippen LogP) is 4.90. The molecule has 0 aliphatic rings. The normalized spacial score (nSPS) is 11.6. The first-order valence-corrected chi connectivity index (χ1v) is 11.3. The van der Waals surface area contributed by atoms with E-state index < -0.39 is 23.9 Å². The zero-order valence-electron chi connectivity index (χ0n) is 19.0. The summed E-state index contributed by atoms with van der Waals surface area (Å²) in [5.74, 6) is -1.62. The number of aliphatic carboxylic acids is 1. The third-order valence-electron chi connectivity index (χ3n) is 5.54. The first kappa shape index (κ1) is 25.9. The Balaban J connectivity index is 1.58. The van der Waals surface area contributed by atoms with Gasteiger partial charge in [0.1, 0.15) is 18.2 Å². The Morgan fingerprint density at radius 3 is 2.63 bits per heavy atom. The molecule has 2 N–H and O–H groups in total. The largest absolute Gasteiger partial charge is 0.481 e. The van der Waals surface area contributed by atoms with Crippen molar-refractivity contribution in [2.24, 2.45) is 0 Å². The molecule has 0 saturated heterocycles. The van der Waals surface area contributed by atoms with Crippen LogP contribution in [0.25, 0.3) is 10.8 Å². The molecule has 1 atom stereocenters. The number of likely N-dealkylation sites (N-methyl/N-ethyl adjacent to an activating group) is 1. The number of hydrogen-bond acceptors (Lipinski definition) is 5. The molecule has 0 spiro atoms. The average Bonchev–Trinajstić information content (AvgIpc) is 2.84. The molecule has 3 aromatic rings. The van der Waals surface area contributed by atoms with Gasteiger partial charge in [0, 0.05) is 31.5 Å². The highest BCUT2D eigenvalue weighted by atomic mass is 35.5. The summed E-state index contributed by atoms with van der Waals surface area (Å²) in [5, 5.41) is 13.4. The van der Waals surface area contributed by atoms with Gasteiger partial charge in [-0.1, -0.05) is 48.0 Å². The Morgan fingerprint density at radius 1 is 1.14 bits per heavy atom. The van der Waals surface area contributed by atoms with Crippen LogP contribution in [0.5, 0.6) is 0 Å². The number of anilines is 1. The summed E-state index contributed by atoms with van der Waals surface area (Å²) in [6.07, 6.45) is 0.949. The lowest BCUT2D eigenvalue weighted by Gasteiger charge is -2.27. The van der Waals surface area contributed by atoms with Crippen LogP contribution in [0.3, 0.4) is 0 Å². The van der Waals surface area contributed by atoms with Gasteiger partial charge >= 0.3 is 12.1 Å². The molecular weight excluding hydrogens is 477 g/mol. The van der Waals surface area contributed by atoms with Crippen molar-refractivity contribution in [1.29, 1.82) is 0 Å². The van der Waals surface area contributed by atoms with E-state index in [0.717, 1.165) is 10.8 Å². The first-order valence-electron chi connectivity index (χ1n) is 10.9. The maximum Gasteiger partial charge on any atom is 0.412 e. The van der Waals surface area contributed by atoms with Crippen LogP contribution in [0.15, 0.2) is 54.7 Å². The van der Waals surface area contributed by atoms with Gasteiger partial charge in [0.05, 0.1) is 11.1 Å². The number of aromatic nitrogens is 1. The molecule has 184 valence electrons. The van der Waals surface area contributed by atoms with E-state index in [1.54, 1.807) is 18.3 Å². The standard InChI is InChI=1S/C25H25ClFN3O5/c1-30(22(31)11-9-16-7-4-8-20(27)24(16)26)19(10-12-23(32)33)15-35-25(34)29-21-13-17-5-2-3-6-18(17)14-28-21/h2-8,13-14,19H,9-12,15H2,1H3,(H,32,33)(H,28,29,34)/t19-/m0/s1. The van der Waals surface area contributed by atoms with Gasteiger partial charge in [-0.2, -0.15) is 0 Å². The van der Waals surface area contributed by atoms with E-state index in [9.17, 15) is 18.8 Å². The smallest absolute Gasteiger partial charge is 0.412 e. The number of pyridine rings is 1. The summed E-state index contributed by atoms with van der Waals surface area (Å²) in [4.78, 5) is 41.7. The lowest BCUT2D eigenvalue weighted by molar-refractivity contribution is -0.139. The van der Waals surface area contributed by atoms with Crippen LogP contribution < -0.4 is 5.32 Å². The van der Waals surface area contributed by atoms with Gasteiger partial charge in [-0.05, 0) is 35.9 Å². The molecule has 0 radical (unpaired) electrons. The number of carbonyl (C=O) groups is 3. The highest BCUT2D eigenvalue weighted by molar-refractivity contribution is 6.31. The molecule has 0 unspecified atom stereocenters. The van der Waals surface area contributed by atoms with Gasteiger partial charge in [0.2, 0.25) is 5.91 Å². The zero-order valence-corrected chi connectivity index (χ0v) is 19.8. The molecule has 8 nitrogen and oxygen atoms in total. The number of halogens is 2. The molecule has 35 heavy (non-hydrogen) atoms. The quantitative estimate of drug-likeness (QED) is 0.409. The highest BCUT2D eigenvalue weighted by Gasteiger charge is 2.23. The zero-order chi connectivity index (χ0) is 25.4. The Labute approximate surface area is 206 Å². The lowest BCUT2D eigenvalue weighted by Crippen LogP contribution is -2.41. The monoisotopic (exact) mass is 501 g/mol. The Bertz CT molecular complexity index is 1220. The van der Waals surface area contributed by atoms with E-state index in [1.165, 1.54) is 24.1 Å². The minimum Gasteiger partial charge on any atom is -0.481 e. The van der Waals surface area contributed by atoms with E-state index in [1.807, 2.05) is 24.3 Å². The average molecular weight is 502 g/mol. The number of nitrogens with zero attached hydrogens (tertiary/aromatic N) is 2. The Kier molecular flexibility index (Phi) is 8.97. The number of ether oxygens (including phenoxy) is 1. The van der Waals surface area contributed by atoms with Crippen LogP contribution in [-0.4, -0.2) is 52.7 Å². The second kappa shape index (κ2) is 12.1. The third kappa shape index (κ3) is 7.38. The first-order chi connectivity index (χ1) is 16.7. The van der Waals surface area contributed by atoms with Crippen molar-refractivity contribution in [2.75, 3.05) is 19.0 Å². The minimum absolute atomic E-state index is 0.0243. The summed E-state index contributed by atoms with van der Waals surface area (Å²) < 4.78 is 18.9. The van der Waals surface area contributed by atoms with E-state index in [2.05, 4.69) is 10.3 Å². The van der Waals surface area contributed by atoms with Gasteiger partial charge in [-0.3, -0.25) is 14.9 Å². The van der Waals surface area contributed by atoms with E-state index >= 15 is 0 Å². The molecule has 1 aromatic heterocycles. The maximum absolute atomic E-state index is 13.6. The summed E-state index contributed by atoms with van der Waals surface area (Å²) in [6.45, 7) is -0.213. The second-order valence-corrected chi connectivity index (χ2v) is 8.32. The van der Waals surface area contributed by atoms with Crippen molar-refractivity contribution in [3.63, 3.8) is 0 Å². The molecule has 1 heterocycles. The Morgan fingerprint density at radius 2 is 1.89 bits per heavy atom. The van der Waals surface area contributed by atoms with Crippen molar-refractivity contribution in [3.8, 4) is 0 Å². The molecule has 0 aliphatic heterocycles. The number of nitrogens with one attached hydrogen (secondary N) is 1. The number of carboxylic acid groups (broad SMARTS) is 1. The third-order valence-corrected chi connectivity index (χ3v) is 5.96. The fraction of sp³-hybridized carbons (Fsp3) is 0.280. The molecular formula is C25H25ClFN3O5. The van der Waals surface area contributed by atoms with E-state index in [4.69, 9.17) is 21.4 Å². The molecule has 0 bridgehead atoms. The minimum atomic E-state index is -1.03. The van der Waals surface area contributed by atoms with Crippen molar-refractivity contribution in [1.82, 2.24) is 9.88 Å². The van der Waals surface area contributed by atoms with Gasteiger partial charge < -0.3 is 14.7 Å². The number of fused-ring (bicyclic) bond motifs is 1. The molecule has 2 amide bonds. The van der Waals surface area contributed by atoms with Crippen LogP contribution in [0.1, 0.15) is 24.8 Å². The molecule has 0 fully saturated rings.